The summed E-state index contributed by atoms with van der Waals surface area (Å²) in [7, 11) is 0. The molecule has 30 heavy (non-hydrogen) atoms. The van der Waals surface area contributed by atoms with E-state index < -0.39 is 6.04 Å². The molecule has 4 rings (SSSR count). The fourth-order valence-electron chi connectivity index (χ4n) is 3.66. The molecular formula is C25H27N3O2. The Morgan fingerprint density at radius 3 is 2.27 bits per heavy atom. The maximum atomic E-state index is 13.4. The van der Waals surface area contributed by atoms with Crippen molar-refractivity contribution in [3.63, 3.8) is 0 Å². The molecule has 1 aliphatic carbocycles. The summed E-state index contributed by atoms with van der Waals surface area (Å²) in [6, 6.07) is 22.8. The lowest BCUT2D eigenvalue weighted by atomic mass is 10.1. The van der Waals surface area contributed by atoms with Crippen molar-refractivity contribution in [3.05, 3.63) is 100.0 Å². The third-order valence-electron chi connectivity index (χ3n) is 5.61. The van der Waals surface area contributed by atoms with Crippen molar-refractivity contribution < 1.29 is 4.79 Å². The Labute approximate surface area is 177 Å². The second-order valence-corrected chi connectivity index (χ2v) is 7.97. The van der Waals surface area contributed by atoms with Crippen LogP contribution in [0, 0.1) is 0 Å². The number of carbonyl (C=O) groups is 1. The lowest BCUT2D eigenvalue weighted by Gasteiger charge is -2.26. The average molecular weight is 402 g/mol. The van der Waals surface area contributed by atoms with Gasteiger partial charge in [-0.3, -0.25) is 9.59 Å². The SMILES string of the molecule is CC(C(=O)N(CCc1ccccc1)Cc1ccccc1)n1nc(C2CC2)ccc1=O. The molecule has 1 aromatic heterocycles. The second-order valence-electron chi connectivity index (χ2n) is 7.97. The highest BCUT2D eigenvalue weighted by Crippen LogP contribution is 2.38. The predicted octanol–water partition coefficient (Wildman–Crippen LogP) is 3.95. The monoisotopic (exact) mass is 401 g/mol. The van der Waals surface area contributed by atoms with Crippen LogP contribution in [0.1, 0.15) is 48.5 Å². The van der Waals surface area contributed by atoms with E-state index in [1.54, 1.807) is 13.0 Å². The predicted molar refractivity (Wildman–Crippen MR) is 117 cm³/mol. The Kier molecular flexibility index (Phi) is 6.07. The highest BCUT2D eigenvalue weighted by molar-refractivity contribution is 5.80. The molecule has 0 radical (unpaired) electrons. The largest absolute Gasteiger partial charge is 0.336 e. The maximum absolute atomic E-state index is 13.4. The number of benzene rings is 2. The standard InChI is InChI=1S/C25H27N3O2/c1-19(28-24(29)15-14-23(26-28)22-12-13-22)25(30)27(18-21-10-6-3-7-11-21)17-16-20-8-4-2-5-9-20/h2-11,14-15,19,22H,12-13,16-18H2,1H3. The lowest BCUT2D eigenvalue weighted by molar-refractivity contribution is -0.135. The molecule has 1 unspecified atom stereocenters. The maximum Gasteiger partial charge on any atom is 0.267 e. The minimum atomic E-state index is -0.643. The van der Waals surface area contributed by atoms with Gasteiger partial charge in [-0.05, 0) is 43.4 Å². The number of hydrogen-bond donors (Lipinski definition) is 0. The average Bonchev–Trinajstić information content (AvgIpc) is 3.63. The summed E-state index contributed by atoms with van der Waals surface area (Å²) in [6.07, 6.45) is 2.96. The van der Waals surface area contributed by atoms with Gasteiger partial charge in [0.15, 0.2) is 0 Å². The first-order chi connectivity index (χ1) is 14.6. The van der Waals surface area contributed by atoms with Gasteiger partial charge in [-0.15, -0.1) is 0 Å². The summed E-state index contributed by atoms with van der Waals surface area (Å²) in [4.78, 5) is 27.7. The van der Waals surface area contributed by atoms with Crippen LogP contribution < -0.4 is 5.56 Å². The number of carbonyl (C=O) groups excluding carboxylic acids is 1. The molecule has 1 aliphatic rings. The topological polar surface area (TPSA) is 55.2 Å². The Hall–Kier alpha value is -3.21. The minimum Gasteiger partial charge on any atom is -0.336 e. The molecule has 1 atom stereocenters. The fraction of sp³-hybridized carbons (Fsp3) is 0.320. The van der Waals surface area contributed by atoms with Gasteiger partial charge < -0.3 is 4.90 Å². The van der Waals surface area contributed by atoms with Gasteiger partial charge in [-0.2, -0.15) is 5.10 Å². The van der Waals surface area contributed by atoms with Crippen LogP contribution in [-0.2, 0) is 17.8 Å². The van der Waals surface area contributed by atoms with Gasteiger partial charge in [0.1, 0.15) is 6.04 Å². The van der Waals surface area contributed by atoms with Crippen LogP contribution in [0.2, 0.25) is 0 Å². The van der Waals surface area contributed by atoms with Crippen molar-refractivity contribution in [2.45, 2.75) is 44.7 Å². The van der Waals surface area contributed by atoms with Crippen LogP contribution in [0.5, 0.6) is 0 Å². The Balaban J connectivity index is 1.56. The molecule has 0 N–H and O–H groups in total. The van der Waals surface area contributed by atoms with Crippen molar-refractivity contribution in [2.24, 2.45) is 0 Å². The molecule has 0 saturated heterocycles. The number of rotatable bonds is 8. The number of aromatic nitrogens is 2. The molecule has 0 bridgehead atoms. The lowest BCUT2D eigenvalue weighted by Crippen LogP contribution is -2.41. The molecular weight excluding hydrogens is 374 g/mol. The summed E-state index contributed by atoms with van der Waals surface area (Å²) < 4.78 is 1.36. The third-order valence-corrected chi connectivity index (χ3v) is 5.61. The van der Waals surface area contributed by atoms with E-state index in [-0.39, 0.29) is 11.5 Å². The normalized spacial score (nSPS) is 14.3. The first kappa shape index (κ1) is 20.1. The zero-order chi connectivity index (χ0) is 20.9. The van der Waals surface area contributed by atoms with E-state index in [0.717, 1.165) is 30.5 Å². The second kappa shape index (κ2) is 9.08. The van der Waals surface area contributed by atoms with E-state index in [2.05, 4.69) is 17.2 Å². The van der Waals surface area contributed by atoms with Crippen LogP contribution in [0.3, 0.4) is 0 Å². The van der Waals surface area contributed by atoms with Crippen molar-refractivity contribution in [1.82, 2.24) is 14.7 Å². The van der Waals surface area contributed by atoms with E-state index in [9.17, 15) is 9.59 Å². The summed E-state index contributed by atoms with van der Waals surface area (Å²) in [5, 5.41) is 4.52. The van der Waals surface area contributed by atoms with E-state index in [4.69, 9.17) is 0 Å². The molecule has 2 aromatic carbocycles. The van der Waals surface area contributed by atoms with Gasteiger partial charge in [0, 0.05) is 25.1 Å². The molecule has 1 amide bonds. The van der Waals surface area contributed by atoms with Crippen LogP contribution >= 0.6 is 0 Å². The van der Waals surface area contributed by atoms with Crippen LogP contribution in [-0.4, -0.2) is 27.1 Å². The first-order valence-electron chi connectivity index (χ1n) is 10.6. The molecule has 1 saturated carbocycles. The van der Waals surface area contributed by atoms with Crippen molar-refractivity contribution >= 4 is 5.91 Å². The smallest absolute Gasteiger partial charge is 0.267 e. The molecule has 1 heterocycles. The number of amides is 1. The van der Waals surface area contributed by atoms with Crippen molar-refractivity contribution in [1.29, 1.82) is 0 Å². The summed E-state index contributed by atoms with van der Waals surface area (Å²) in [6.45, 7) is 2.86. The molecule has 5 heteroatoms. The van der Waals surface area contributed by atoms with E-state index in [0.29, 0.717) is 19.0 Å². The Morgan fingerprint density at radius 1 is 1.00 bits per heavy atom. The van der Waals surface area contributed by atoms with Gasteiger partial charge in [0.05, 0.1) is 5.69 Å². The summed E-state index contributed by atoms with van der Waals surface area (Å²) in [5.74, 6) is 0.343. The molecule has 5 nitrogen and oxygen atoms in total. The van der Waals surface area contributed by atoms with E-state index >= 15 is 0 Å². The molecule has 1 fully saturated rings. The molecule has 0 aliphatic heterocycles. The first-order valence-corrected chi connectivity index (χ1v) is 10.6. The Morgan fingerprint density at radius 2 is 1.63 bits per heavy atom. The molecule has 3 aromatic rings. The van der Waals surface area contributed by atoms with E-state index in [1.807, 2.05) is 53.4 Å². The van der Waals surface area contributed by atoms with Gasteiger partial charge in [-0.25, -0.2) is 4.68 Å². The number of hydrogen-bond acceptors (Lipinski definition) is 3. The van der Waals surface area contributed by atoms with Gasteiger partial charge in [-0.1, -0.05) is 60.7 Å². The zero-order valence-corrected chi connectivity index (χ0v) is 17.3. The quantitative estimate of drug-likeness (QED) is 0.574. The zero-order valence-electron chi connectivity index (χ0n) is 17.3. The minimum absolute atomic E-state index is 0.0858. The summed E-state index contributed by atoms with van der Waals surface area (Å²) >= 11 is 0. The van der Waals surface area contributed by atoms with Crippen LogP contribution in [0.25, 0.3) is 0 Å². The summed E-state index contributed by atoms with van der Waals surface area (Å²) in [5.41, 5.74) is 2.93. The Bertz CT molecular complexity index is 1040. The van der Waals surface area contributed by atoms with Crippen LogP contribution in [0.4, 0.5) is 0 Å². The number of nitrogens with zero attached hydrogens (tertiary/aromatic N) is 3. The van der Waals surface area contributed by atoms with Crippen molar-refractivity contribution in [3.8, 4) is 0 Å². The molecule has 154 valence electrons. The van der Waals surface area contributed by atoms with Gasteiger partial charge in [0.25, 0.3) is 5.56 Å². The van der Waals surface area contributed by atoms with Crippen LogP contribution in [0.15, 0.2) is 77.6 Å². The van der Waals surface area contributed by atoms with Gasteiger partial charge >= 0.3 is 0 Å². The highest BCUT2D eigenvalue weighted by Gasteiger charge is 2.28. The fourth-order valence-corrected chi connectivity index (χ4v) is 3.66. The van der Waals surface area contributed by atoms with Gasteiger partial charge in [0.2, 0.25) is 5.91 Å². The molecule has 0 spiro atoms. The third kappa shape index (κ3) is 4.85. The van der Waals surface area contributed by atoms with E-state index in [1.165, 1.54) is 16.3 Å². The van der Waals surface area contributed by atoms with Crippen molar-refractivity contribution in [2.75, 3.05) is 6.54 Å². The highest BCUT2D eigenvalue weighted by atomic mass is 16.2.